The van der Waals surface area contributed by atoms with Gasteiger partial charge in [0.15, 0.2) is 4.90 Å². The largest absolute Gasteiger partial charge is 0.495 e. The lowest BCUT2D eigenvalue weighted by Crippen LogP contribution is -2.15. The molecule has 0 bridgehead atoms. The molecule has 0 aliphatic heterocycles. The minimum Gasteiger partial charge on any atom is -0.495 e. The summed E-state index contributed by atoms with van der Waals surface area (Å²) in [5.41, 5.74) is -0.296. The van der Waals surface area contributed by atoms with Crippen molar-refractivity contribution in [2.75, 3.05) is 16.6 Å². The van der Waals surface area contributed by atoms with E-state index in [1.807, 2.05) is 0 Å². The molecule has 0 saturated heterocycles. The van der Waals surface area contributed by atoms with E-state index in [1.54, 1.807) is 18.2 Å². The third kappa shape index (κ3) is 4.92. The van der Waals surface area contributed by atoms with Crippen LogP contribution in [0.25, 0.3) is 0 Å². The van der Waals surface area contributed by atoms with E-state index < -0.39 is 35.6 Å². The topological polar surface area (TPSA) is 145 Å². The number of anilines is 2. The number of nitrogens with one attached hydrogen (secondary N) is 2. The van der Waals surface area contributed by atoms with E-state index in [4.69, 9.17) is 4.74 Å². The van der Waals surface area contributed by atoms with E-state index in [9.17, 15) is 26.9 Å². The molecule has 3 aromatic carbocycles. The summed E-state index contributed by atoms with van der Waals surface area (Å²) in [6.07, 6.45) is 0. The molecule has 0 aliphatic rings. The molecule has 3 aromatic rings. The molecule has 0 fully saturated rings. The first kappa shape index (κ1) is 22.1. The van der Waals surface area contributed by atoms with Crippen molar-refractivity contribution >= 4 is 37.1 Å². The van der Waals surface area contributed by atoms with Gasteiger partial charge in [-0.05, 0) is 42.5 Å². The number of nitro benzene ring substituents is 1. The quantitative estimate of drug-likeness (QED) is 0.385. The van der Waals surface area contributed by atoms with E-state index in [2.05, 4.69) is 9.44 Å². The molecule has 0 atom stereocenters. The van der Waals surface area contributed by atoms with Gasteiger partial charge in [-0.3, -0.25) is 19.6 Å². The number of nitro groups is 1. The fraction of sp³-hybridized carbons (Fsp3) is 0.0526. The van der Waals surface area contributed by atoms with Crippen LogP contribution < -0.4 is 14.2 Å². The number of para-hydroxylation sites is 3. The zero-order valence-corrected chi connectivity index (χ0v) is 17.7. The predicted molar refractivity (Wildman–Crippen MR) is 114 cm³/mol. The third-order valence-corrected chi connectivity index (χ3v) is 6.93. The summed E-state index contributed by atoms with van der Waals surface area (Å²) < 4.78 is 60.1. The van der Waals surface area contributed by atoms with Crippen LogP contribution >= 0.6 is 0 Å². The van der Waals surface area contributed by atoms with Gasteiger partial charge in [0.1, 0.15) is 5.75 Å². The SMILES string of the molecule is COc1ccccc1NS(=O)(=O)c1ccc(NS(=O)(=O)c2ccccc2[N+](=O)[O-])cc1. The molecule has 0 unspecified atom stereocenters. The first-order chi connectivity index (χ1) is 14.6. The second kappa shape index (κ2) is 8.62. The van der Waals surface area contributed by atoms with Crippen LogP contribution in [0.1, 0.15) is 0 Å². The minimum atomic E-state index is -4.27. The van der Waals surface area contributed by atoms with Gasteiger partial charge in [0, 0.05) is 11.8 Å². The lowest BCUT2D eigenvalue weighted by atomic mass is 10.3. The standard InChI is InChI=1S/C19H17N3O7S2/c1-29-18-8-4-2-6-16(18)21-30(25,26)15-12-10-14(11-13-15)20-31(27,28)19-9-5-3-7-17(19)22(23)24/h2-13,20-21H,1H3. The Labute approximate surface area is 178 Å². The number of sulfonamides is 2. The molecule has 0 spiro atoms. The highest BCUT2D eigenvalue weighted by Gasteiger charge is 2.25. The van der Waals surface area contributed by atoms with Crippen molar-refractivity contribution in [3.63, 3.8) is 0 Å². The van der Waals surface area contributed by atoms with Gasteiger partial charge in [-0.1, -0.05) is 24.3 Å². The summed E-state index contributed by atoms with van der Waals surface area (Å²) in [5.74, 6) is 0.333. The average molecular weight is 463 g/mol. The van der Waals surface area contributed by atoms with Crippen LogP contribution in [0.3, 0.4) is 0 Å². The van der Waals surface area contributed by atoms with Crippen molar-refractivity contribution in [2.24, 2.45) is 0 Å². The van der Waals surface area contributed by atoms with Crippen LogP contribution in [-0.2, 0) is 20.0 Å². The Morgan fingerprint density at radius 2 is 1.42 bits per heavy atom. The average Bonchev–Trinajstić information content (AvgIpc) is 2.74. The van der Waals surface area contributed by atoms with Crippen LogP contribution in [0, 0.1) is 10.1 Å². The van der Waals surface area contributed by atoms with Gasteiger partial charge in [0.2, 0.25) is 0 Å². The zero-order chi connectivity index (χ0) is 22.6. The van der Waals surface area contributed by atoms with Crippen molar-refractivity contribution in [2.45, 2.75) is 9.79 Å². The summed E-state index contributed by atoms with van der Waals surface area (Å²) in [5, 5.41) is 11.1. The third-order valence-electron chi connectivity index (χ3n) is 4.12. The number of hydrogen-bond acceptors (Lipinski definition) is 7. The van der Waals surface area contributed by atoms with Gasteiger partial charge in [-0.15, -0.1) is 0 Å². The van der Waals surface area contributed by atoms with Crippen LogP contribution in [0.15, 0.2) is 82.6 Å². The monoisotopic (exact) mass is 463 g/mol. The maximum Gasteiger partial charge on any atom is 0.289 e. The maximum atomic E-state index is 12.6. The summed E-state index contributed by atoms with van der Waals surface area (Å²) >= 11 is 0. The summed E-state index contributed by atoms with van der Waals surface area (Å²) in [6, 6.07) is 16.2. The molecule has 0 amide bonds. The highest BCUT2D eigenvalue weighted by molar-refractivity contribution is 7.93. The highest BCUT2D eigenvalue weighted by atomic mass is 32.2. The molecule has 0 heterocycles. The van der Waals surface area contributed by atoms with E-state index >= 15 is 0 Å². The Morgan fingerprint density at radius 3 is 2.06 bits per heavy atom. The molecule has 162 valence electrons. The van der Waals surface area contributed by atoms with Gasteiger partial charge in [-0.25, -0.2) is 16.8 Å². The summed E-state index contributed by atoms with van der Waals surface area (Å²) in [7, 11) is -6.83. The van der Waals surface area contributed by atoms with E-state index in [1.165, 1.54) is 49.6 Å². The fourth-order valence-corrected chi connectivity index (χ4v) is 4.98. The number of nitrogens with zero attached hydrogens (tertiary/aromatic N) is 1. The number of hydrogen-bond donors (Lipinski definition) is 2. The van der Waals surface area contributed by atoms with Crippen molar-refractivity contribution < 1.29 is 26.5 Å². The fourth-order valence-electron chi connectivity index (χ4n) is 2.68. The molecule has 3 rings (SSSR count). The number of methoxy groups -OCH3 is 1. The van der Waals surface area contributed by atoms with Gasteiger partial charge in [0.05, 0.1) is 22.6 Å². The minimum absolute atomic E-state index is 0.0365. The van der Waals surface area contributed by atoms with Crippen LogP contribution in [0.4, 0.5) is 17.1 Å². The van der Waals surface area contributed by atoms with E-state index in [0.717, 1.165) is 12.1 Å². The van der Waals surface area contributed by atoms with Crippen molar-refractivity contribution in [1.82, 2.24) is 0 Å². The lowest BCUT2D eigenvalue weighted by Gasteiger charge is -2.12. The first-order valence-electron chi connectivity index (χ1n) is 8.66. The van der Waals surface area contributed by atoms with Gasteiger partial charge in [-0.2, -0.15) is 0 Å². The van der Waals surface area contributed by atoms with E-state index in [-0.39, 0.29) is 16.3 Å². The van der Waals surface area contributed by atoms with Crippen molar-refractivity contribution in [3.8, 4) is 5.75 Å². The smallest absolute Gasteiger partial charge is 0.289 e. The van der Waals surface area contributed by atoms with Crippen LogP contribution in [0.5, 0.6) is 5.75 Å². The van der Waals surface area contributed by atoms with E-state index in [0.29, 0.717) is 5.75 Å². The molecule has 10 nitrogen and oxygen atoms in total. The Morgan fingerprint density at radius 1 is 0.806 bits per heavy atom. The van der Waals surface area contributed by atoms with Crippen molar-refractivity contribution in [3.05, 3.63) is 82.9 Å². The first-order valence-corrected chi connectivity index (χ1v) is 11.6. The lowest BCUT2D eigenvalue weighted by molar-refractivity contribution is -0.387. The maximum absolute atomic E-state index is 12.6. The van der Waals surface area contributed by atoms with Gasteiger partial charge in [0.25, 0.3) is 25.7 Å². The van der Waals surface area contributed by atoms with Gasteiger partial charge >= 0.3 is 0 Å². The number of benzene rings is 3. The molecule has 0 saturated carbocycles. The molecule has 0 radical (unpaired) electrons. The second-order valence-electron chi connectivity index (χ2n) is 6.16. The number of rotatable bonds is 8. The summed E-state index contributed by atoms with van der Waals surface area (Å²) in [6.45, 7) is 0. The zero-order valence-electron chi connectivity index (χ0n) is 16.0. The molecule has 0 aliphatic carbocycles. The molecular weight excluding hydrogens is 446 g/mol. The Kier molecular flexibility index (Phi) is 6.13. The predicted octanol–water partition coefficient (Wildman–Crippen LogP) is 3.21. The van der Waals surface area contributed by atoms with Crippen molar-refractivity contribution in [1.29, 1.82) is 0 Å². The van der Waals surface area contributed by atoms with Crippen LogP contribution in [-0.4, -0.2) is 28.9 Å². The highest BCUT2D eigenvalue weighted by Crippen LogP contribution is 2.28. The molecule has 12 heteroatoms. The Bertz CT molecular complexity index is 1320. The normalized spacial score (nSPS) is 11.5. The molecule has 0 aromatic heterocycles. The Hall–Kier alpha value is -3.64. The van der Waals surface area contributed by atoms with Crippen LogP contribution in [0.2, 0.25) is 0 Å². The molecule has 2 N–H and O–H groups in total. The Balaban J connectivity index is 1.84. The second-order valence-corrected chi connectivity index (χ2v) is 9.49. The number of ether oxygens (including phenoxy) is 1. The molecule has 31 heavy (non-hydrogen) atoms. The summed E-state index contributed by atoms with van der Waals surface area (Å²) in [4.78, 5) is 9.68. The van der Waals surface area contributed by atoms with Gasteiger partial charge < -0.3 is 4.74 Å². The molecular formula is C19H17N3O7S2.